The molecule has 1 aromatic carbocycles. The quantitative estimate of drug-likeness (QED) is 0.914. The van der Waals surface area contributed by atoms with Crippen LogP contribution in [0.5, 0.6) is 0 Å². The Morgan fingerprint density at radius 3 is 2.58 bits per heavy atom. The van der Waals surface area contributed by atoms with Crippen molar-refractivity contribution in [1.29, 1.82) is 0 Å². The third kappa shape index (κ3) is 4.25. The zero-order valence-corrected chi connectivity index (χ0v) is 14.4. The van der Waals surface area contributed by atoms with Crippen LogP contribution in [0.15, 0.2) is 55.0 Å². The number of rotatable bonds is 5. The number of hydrogen-bond donors (Lipinski definition) is 1. The van der Waals surface area contributed by atoms with E-state index in [0.29, 0.717) is 5.92 Å². The Morgan fingerprint density at radius 2 is 1.88 bits per heavy atom. The van der Waals surface area contributed by atoms with Crippen LogP contribution in [0.2, 0.25) is 0 Å². The average molecular weight is 323 g/mol. The van der Waals surface area contributed by atoms with E-state index in [0.717, 1.165) is 37.7 Å². The molecule has 2 aromatic rings. The molecule has 1 fully saturated rings. The van der Waals surface area contributed by atoms with Crippen LogP contribution in [0.3, 0.4) is 0 Å². The fourth-order valence-corrected chi connectivity index (χ4v) is 2.99. The highest BCUT2D eigenvalue weighted by Crippen LogP contribution is 2.29. The molecule has 2 heterocycles. The molecule has 0 amide bonds. The van der Waals surface area contributed by atoms with Crippen molar-refractivity contribution in [3.8, 4) is 0 Å². The normalized spacial score (nSPS) is 15.7. The lowest BCUT2D eigenvalue weighted by Gasteiger charge is -2.32. The molecule has 0 atom stereocenters. The van der Waals surface area contributed by atoms with Crippen molar-refractivity contribution in [3.63, 3.8) is 0 Å². The molecule has 0 spiro atoms. The van der Waals surface area contributed by atoms with Gasteiger partial charge < -0.3 is 15.1 Å². The summed E-state index contributed by atoms with van der Waals surface area (Å²) in [7, 11) is 3.97. The van der Waals surface area contributed by atoms with E-state index in [2.05, 4.69) is 50.5 Å². The van der Waals surface area contributed by atoms with E-state index >= 15 is 0 Å². The number of anilines is 2. The lowest BCUT2D eigenvalue weighted by atomic mass is 9.90. The van der Waals surface area contributed by atoms with Gasteiger partial charge in [0.05, 0.1) is 0 Å². The number of hydrogen-bond acceptors (Lipinski definition) is 5. The predicted molar refractivity (Wildman–Crippen MR) is 99.1 cm³/mol. The highest BCUT2D eigenvalue weighted by atomic mass is 15.3. The van der Waals surface area contributed by atoms with Gasteiger partial charge in [0, 0.05) is 45.8 Å². The topological polar surface area (TPSA) is 44.3 Å². The number of benzene rings is 1. The van der Waals surface area contributed by atoms with Gasteiger partial charge in [-0.25, -0.2) is 4.98 Å². The molecule has 0 radical (unpaired) electrons. The van der Waals surface area contributed by atoms with Crippen molar-refractivity contribution in [3.05, 3.63) is 60.6 Å². The van der Waals surface area contributed by atoms with Crippen LogP contribution in [-0.2, 0) is 0 Å². The molecule has 3 rings (SSSR count). The maximum Gasteiger partial charge on any atom is 0.227 e. The van der Waals surface area contributed by atoms with Gasteiger partial charge in [0.2, 0.25) is 5.95 Å². The maximum absolute atomic E-state index is 4.62. The van der Waals surface area contributed by atoms with Crippen LogP contribution in [0.1, 0.15) is 24.3 Å². The van der Waals surface area contributed by atoms with Crippen LogP contribution in [0, 0.1) is 0 Å². The van der Waals surface area contributed by atoms with Gasteiger partial charge >= 0.3 is 0 Å². The fourth-order valence-electron chi connectivity index (χ4n) is 2.99. The summed E-state index contributed by atoms with van der Waals surface area (Å²) in [4.78, 5) is 13.3. The molecule has 1 aliphatic heterocycles. The van der Waals surface area contributed by atoms with Crippen molar-refractivity contribution in [2.75, 3.05) is 37.4 Å². The van der Waals surface area contributed by atoms with Crippen molar-refractivity contribution < 1.29 is 0 Å². The van der Waals surface area contributed by atoms with Crippen LogP contribution in [0.25, 0.3) is 0 Å². The minimum atomic E-state index is 0.645. The van der Waals surface area contributed by atoms with Gasteiger partial charge in [-0.15, -0.1) is 0 Å². The van der Waals surface area contributed by atoms with E-state index in [-0.39, 0.29) is 0 Å². The van der Waals surface area contributed by atoms with Gasteiger partial charge in [0.1, 0.15) is 5.82 Å². The third-order valence-corrected chi connectivity index (χ3v) is 4.30. The van der Waals surface area contributed by atoms with E-state index in [4.69, 9.17) is 0 Å². The summed E-state index contributed by atoms with van der Waals surface area (Å²) in [5.74, 6) is 2.28. The zero-order valence-electron chi connectivity index (χ0n) is 14.4. The first kappa shape index (κ1) is 16.3. The zero-order chi connectivity index (χ0) is 16.8. The highest BCUT2D eigenvalue weighted by molar-refractivity contribution is 5.43. The molecule has 1 aromatic heterocycles. The van der Waals surface area contributed by atoms with E-state index in [1.54, 1.807) is 0 Å². The molecule has 0 unspecified atom stereocenters. The smallest absolute Gasteiger partial charge is 0.227 e. The molecule has 1 N–H and O–H groups in total. The molecule has 1 saturated heterocycles. The van der Waals surface area contributed by atoms with Crippen molar-refractivity contribution in [1.82, 2.24) is 14.9 Å². The Bertz CT molecular complexity index is 660. The van der Waals surface area contributed by atoms with E-state index in [9.17, 15) is 0 Å². The van der Waals surface area contributed by atoms with Gasteiger partial charge in [-0.1, -0.05) is 30.3 Å². The van der Waals surface area contributed by atoms with Gasteiger partial charge in [-0.05, 0) is 30.4 Å². The molecule has 0 saturated carbocycles. The molecule has 126 valence electrons. The first-order valence-electron chi connectivity index (χ1n) is 8.45. The number of nitrogens with zero attached hydrogens (tertiary/aromatic N) is 4. The van der Waals surface area contributed by atoms with Crippen LogP contribution in [0.4, 0.5) is 11.8 Å². The second kappa shape index (κ2) is 7.81. The highest BCUT2D eigenvalue weighted by Gasteiger charge is 2.22. The molecule has 24 heavy (non-hydrogen) atoms. The first-order valence-corrected chi connectivity index (χ1v) is 8.45. The lowest BCUT2D eigenvalue weighted by molar-refractivity contribution is 0.499. The summed E-state index contributed by atoms with van der Waals surface area (Å²) in [5, 5.41) is 3.19. The second-order valence-electron chi connectivity index (χ2n) is 6.34. The van der Waals surface area contributed by atoms with E-state index in [1.807, 2.05) is 43.7 Å². The second-order valence-corrected chi connectivity index (χ2v) is 6.34. The molecule has 0 bridgehead atoms. The van der Waals surface area contributed by atoms with Gasteiger partial charge in [0.15, 0.2) is 0 Å². The molecular formula is C19H25N5. The summed E-state index contributed by atoms with van der Waals surface area (Å²) in [6.45, 7) is 1.99. The molecule has 0 aliphatic carbocycles. The summed E-state index contributed by atoms with van der Waals surface area (Å²) in [6.07, 6.45) is 7.94. The lowest BCUT2D eigenvalue weighted by Crippen LogP contribution is -2.34. The Hall–Kier alpha value is -2.56. The van der Waals surface area contributed by atoms with Crippen molar-refractivity contribution >= 4 is 11.8 Å². The minimum Gasteiger partial charge on any atom is -0.382 e. The van der Waals surface area contributed by atoms with Gasteiger partial charge in [-0.2, -0.15) is 4.98 Å². The first-order chi connectivity index (χ1) is 11.7. The Kier molecular flexibility index (Phi) is 5.31. The predicted octanol–water partition coefficient (Wildman–Crippen LogP) is 3.31. The Morgan fingerprint density at radius 1 is 1.12 bits per heavy atom. The minimum absolute atomic E-state index is 0.645. The number of nitrogens with one attached hydrogen (secondary N) is 1. The summed E-state index contributed by atoms with van der Waals surface area (Å²) < 4.78 is 0. The summed E-state index contributed by atoms with van der Waals surface area (Å²) in [5.41, 5.74) is 1.45. The molecular weight excluding hydrogens is 298 g/mol. The van der Waals surface area contributed by atoms with Crippen molar-refractivity contribution in [2.24, 2.45) is 0 Å². The van der Waals surface area contributed by atoms with Gasteiger partial charge in [0.25, 0.3) is 0 Å². The third-order valence-electron chi connectivity index (χ3n) is 4.30. The monoisotopic (exact) mass is 323 g/mol. The van der Waals surface area contributed by atoms with Crippen LogP contribution >= 0.6 is 0 Å². The average Bonchev–Trinajstić information content (AvgIpc) is 2.63. The van der Waals surface area contributed by atoms with Crippen LogP contribution < -0.4 is 10.2 Å². The standard InChI is InChI=1S/C19H25N5/c1-23(2)15-12-20-18-8-11-21-19(22-18)24-13-9-17(10-14-24)16-6-4-3-5-7-16/h3-8,11-12,15,17H,9-10,13-14H2,1-2H3,(H,20,21,22)/b15-12+. The fraction of sp³-hybridized carbons (Fsp3) is 0.368. The molecule has 1 aliphatic rings. The molecule has 5 heteroatoms. The molecule has 5 nitrogen and oxygen atoms in total. The SMILES string of the molecule is CN(C)/C=C/Nc1ccnc(N2CCC(c3ccccc3)CC2)n1. The maximum atomic E-state index is 4.62. The van der Waals surface area contributed by atoms with Crippen LogP contribution in [-0.4, -0.2) is 42.1 Å². The van der Waals surface area contributed by atoms with E-state index < -0.39 is 0 Å². The Labute approximate surface area is 144 Å². The summed E-state index contributed by atoms with van der Waals surface area (Å²) >= 11 is 0. The number of aromatic nitrogens is 2. The van der Waals surface area contributed by atoms with Gasteiger partial charge in [-0.3, -0.25) is 0 Å². The summed E-state index contributed by atoms with van der Waals surface area (Å²) in [6, 6.07) is 12.7. The largest absolute Gasteiger partial charge is 0.382 e. The number of piperidine rings is 1. The van der Waals surface area contributed by atoms with E-state index in [1.165, 1.54) is 5.56 Å². The van der Waals surface area contributed by atoms with Crippen molar-refractivity contribution in [2.45, 2.75) is 18.8 Å². The Balaban J connectivity index is 1.60.